The van der Waals surface area contributed by atoms with Crippen LogP contribution in [0.4, 0.5) is 0 Å². The molecule has 0 aliphatic rings. The molecule has 0 spiro atoms. The Morgan fingerprint density at radius 1 is 0.895 bits per heavy atom. The number of rotatable bonds is 14. The van der Waals surface area contributed by atoms with Crippen LogP contribution >= 0.6 is 0 Å². The van der Waals surface area contributed by atoms with E-state index in [1.54, 1.807) is 19.2 Å². The molecule has 1 amide bonds. The summed E-state index contributed by atoms with van der Waals surface area (Å²) in [5, 5.41) is 3.01. The van der Waals surface area contributed by atoms with Gasteiger partial charge in [0.2, 0.25) is 0 Å². The normalized spacial score (nSPS) is 11.0. The van der Waals surface area contributed by atoms with E-state index in [0.717, 1.165) is 62.2 Å². The van der Waals surface area contributed by atoms with Gasteiger partial charge in [-0.3, -0.25) is 4.79 Å². The molecule has 0 fully saturated rings. The third-order valence-corrected chi connectivity index (χ3v) is 6.81. The summed E-state index contributed by atoms with van der Waals surface area (Å²) >= 11 is 0. The van der Waals surface area contributed by atoms with E-state index < -0.39 is 0 Å². The Labute approximate surface area is 226 Å². The molecule has 200 valence electrons. The third kappa shape index (κ3) is 7.15. The number of benzene rings is 3. The third-order valence-electron chi connectivity index (χ3n) is 6.81. The predicted molar refractivity (Wildman–Crippen MR) is 153 cm³/mol. The lowest BCUT2D eigenvalue weighted by atomic mass is 10.1. The van der Waals surface area contributed by atoms with Crippen molar-refractivity contribution in [2.24, 2.45) is 0 Å². The number of nitrogens with zero attached hydrogens (tertiary/aromatic N) is 2. The van der Waals surface area contributed by atoms with E-state index in [9.17, 15) is 4.79 Å². The monoisotopic (exact) mass is 513 g/mol. The molecular formula is C32H39N3O3. The van der Waals surface area contributed by atoms with Gasteiger partial charge in [0.25, 0.3) is 5.91 Å². The number of aryl methyl sites for hydroxylation is 4. The van der Waals surface area contributed by atoms with Gasteiger partial charge in [-0.1, -0.05) is 48.4 Å². The molecule has 0 saturated heterocycles. The van der Waals surface area contributed by atoms with Gasteiger partial charge in [-0.25, -0.2) is 4.98 Å². The van der Waals surface area contributed by atoms with Gasteiger partial charge in [0.1, 0.15) is 17.3 Å². The van der Waals surface area contributed by atoms with E-state index in [0.29, 0.717) is 24.5 Å². The average Bonchev–Trinajstić information content (AvgIpc) is 3.28. The molecule has 0 unspecified atom stereocenters. The first-order chi connectivity index (χ1) is 18.6. The van der Waals surface area contributed by atoms with E-state index in [1.807, 2.05) is 18.2 Å². The van der Waals surface area contributed by atoms with Crippen LogP contribution in [0.2, 0.25) is 0 Å². The topological polar surface area (TPSA) is 65.4 Å². The highest BCUT2D eigenvalue weighted by molar-refractivity contribution is 5.96. The summed E-state index contributed by atoms with van der Waals surface area (Å²) in [5.74, 6) is 2.62. The highest BCUT2D eigenvalue weighted by Gasteiger charge is 2.12. The van der Waals surface area contributed by atoms with Gasteiger partial charge in [0.15, 0.2) is 0 Å². The largest absolute Gasteiger partial charge is 0.496 e. The Balaban J connectivity index is 1.23. The number of carbonyl (C=O) groups excluding carboxylic acids is 1. The van der Waals surface area contributed by atoms with Crippen molar-refractivity contribution in [2.75, 3.05) is 20.3 Å². The van der Waals surface area contributed by atoms with Gasteiger partial charge in [-0.05, 0) is 75.4 Å². The smallest absolute Gasteiger partial charge is 0.255 e. The SMILES string of the molecule is COc1ccccc1C(=O)NCCCCCc1nc2ccccc2n1CCCCOc1ccc(C)cc1C. The molecule has 0 saturated carbocycles. The van der Waals surface area contributed by atoms with Gasteiger partial charge in [0, 0.05) is 19.5 Å². The predicted octanol–water partition coefficient (Wildman–Crippen LogP) is 6.66. The standard InChI is InChI=1S/C32H39N3O3/c1-24-18-19-29(25(2)23-24)38-22-12-11-21-35-28-15-8-7-14-27(28)34-31(35)17-5-4-10-20-33-32(36)26-13-6-9-16-30(26)37-3/h6-9,13-16,18-19,23H,4-5,10-12,17,20-22H2,1-3H3,(H,33,36). The van der Waals surface area contributed by atoms with Crippen molar-refractivity contribution in [3.8, 4) is 11.5 Å². The molecule has 0 atom stereocenters. The summed E-state index contributed by atoms with van der Waals surface area (Å²) in [7, 11) is 1.58. The number of amides is 1. The quantitative estimate of drug-likeness (QED) is 0.191. The van der Waals surface area contributed by atoms with Gasteiger partial charge in [-0.2, -0.15) is 0 Å². The van der Waals surface area contributed by atoms with Crippen LogP contribution in [0.15, 0.2) is 66.7 Å². The van der Waals surface area contributed by atoms with Crippen molar-refractivity contribution < 1.29 is 14.3 Å². The fraction of sp³-hybridized carbons (Fsp3) is 0.375. The number of fused-ring (bicyclic) bond motifs is 1. The van der Waals surface area contributed by atoms with Crippen LogP contribution in [0.3, 0.4) is 0 Å². The van der Waals surface area contributed by atoms with E-state index >= 15 is 0 Å². The lowest BCUT2D eigenvalue weighted by molar-refractivity contribution is 0.0950. The first-order valence-corrected chi connectivity index (χ1v) is 13.6. The number of nitrogens with one attached hydrogen (secondary N) is 1. The first-order valence-electron chi connectivity index (χ1n) is 13.6. The van der Waals surface area contributed by atoms with Crippen LogP contribution in [-0.4, -0.2) is 35.7 Å². The summed E-state index contributed by atoms with van der Waals surface area (Å²) in [4.78, 5) is 17.4. The number of imidazole rings is 1. The number of hydrogen-bond donors (Lipinski definition) is 1. The number of carbonyl (C=O) groups is 1. The molecule has 4 rings (SSSR count). The van der Waals surface area contributed by atoms with E-state index in [-0.39, 0.29) is 5.91 Å². The lowest BCUT2D eigenvalue weighted by Crippen LogP contribution is -2.24. The van der Waals surface area contributed by atoms with Crippen molar-refractivity contribution in [1.29, 1.82) is 0 Å². The van der Waals surface area contributed by atoms with Gasteiger partial charge >= 0.3 is 0 Å². The summed E-state index contributed by atoms with van der Waals surface area (Å²) < 4.78 is 13.7. The van der Waals surface area contributed by atoms with Gasteiger partial charge in [-0.15, -0.1) is 0 Å². The second kappa shape index (κ2) is 13.7. The van der Waals surface area contributed by atoms with Gasteiger partial charge < -0.3 is 19.4 Å². The minimum atomic E-state index is -0.0919. The minimum Gasteiger partial charge on any atom is -0.496 e. The first kappa shape index (κ1) is 27.2. The minimum absolute atomic E-state index is 0.0919. The summed E-state index contributed by atoms with van der Waals surface area (Å²) in [6, 6.07) is 22.0. The average molecular weight is 514 g/mol. The lowest BCUT2D eigenvalue weighted by Gasteiger charge is -2.12. The Kier molecular flexibility index (Phi) is 9.79. The number of para-hydroxylation sites is 3. The zero-order valence-electron chi connectivity index (χ0n) is 22.8. The zero-order valence-corrected chi connectivity index (χ0v) is 22.8. The highest BCUT2D eigenvalue weighted by Crippen LogP contribution is 2.21. The van der Waals surface area contributed by atoms with Crippen LogP contribution in [0.25, 0.3) is 11.0 Å². The van der Waals surface area contributed by atoms with E-state index in [2.05, 4.69) is 60.1 Å². The van der Waals surface area contributed by atoms with Crippen molar-refractivity contribution in [3.63, 3.8) is 0 Å². The van der Waals surface area contributed by atoms with E-state index in [1.165, 1.54) is 16.6 Å². The fourth-order valence-electron chi connectivity index (χ4n) is 4.80. The second-order valence-corrected chi connectivity index (χ2v) is 9.76. The van der Waals surface area contributed by atoms with Crippen LogP contribution < -0.4 is 14.8 Å². The summed E-state index contributed by atoms with van der Waals surface area (Å²) in [6.07, 6.45) is 5.94. The molecule has 1 aromatic heterocycles. The van der Waals surface area contributed by atoms with Crippen molar-refractivity contribution in [1.82, 2.24) is 14.9 Å². The Hall–Kier alpha value is -3.80. The molecule has 1 heterocycles. The maximum Gasteiger partial charge on any atom is 0.255 e. The molecule has 3 aromatic carbocycles. The molecule has 38 heavy (non-hydrogen) atoms. The maximum absolute atomic E-state index is 12.5. The van der Waals surface area contributed by atoms with E-state index in [4.69, 9.17) is 14.5 Å². The Morgan fingerprint density at radius 3 is 2.55 bits per heavy atom. The van der Waals surface area contributed by atoms with Crippen molar-refractivity contribution in [2.45, 2.75) is 58.9 Å². The van der Waals surface area contributed by atoms with Crippen molar-refractivity contribution >= 4 is 16.9 Å². The van der Waals surface area contributed by atoms with Crippen LogP contribution in [-0.2, 0) is 13.0 Å². The highest BCUT2D eigenvalue weighted by atomic mass is 16.5. The number of aromatic nitrogens is 2. The summed E-state index contributed by atoms with van der Waals surface area (Å²) in [5.41, 5.74) is 5.27. The molecule has 6 heteroatoms. The second-order valence-electron chi connectivity index (χ2n) is 9.76. The fourth-order valence-corrected chi connectivity index (χ4v) is 4.80. The van der Waals surface area contributed by atoms with Crippen LogP contribution in [0.1, 0.15) is 59.4 Å². The van der Waals surface area contributed by atoms with Gasteiger partial charge in [0.05, 0.1) is 30.3 Å². The molecule has 4 aromatic rings. The Bertz CT molecular complexity index is 1350. The number of unbranched alkanes of at least 4 members (excludes halogenated alkanes) is 3. The molecule has 0 aliphatic carbocycles. The zero-order chi connectivity index (χ0) is 26.7. The number of hydrogen-bond acceptors (Lipinski definition) is 4. The van der Waals surface area contributed by atoms with Crippen LogP contribution in [0.5, 0.6) is 11.5 Å². The van der Waals surface area contributed by atoms with Crippen LogP contribution in [0, 0.1) is 13.8 Å². The molecule has 0 bridgehead atoms. The molecular weight excluding hydrogens is 474 g/mol. The Morgan fingerprint density at radius 2 is 1.71 bits per heavy atom. The number of ether oxygens (including phenoxy) is 2. The molecule has 1 N–H and O–H groups in total. The molecule has 0 aliphatic heterocycles. The molecule has 6 nitrogen and oxygen atoms in total. The number of methoxy groups -OCH3 is 1. The maximum atomic E-state index is 12.5. The summed E-state index contributed by atoms with van der Waals surface area (Å²) in [6.45, 7) is 6.49. The molecule has 0 radical (unpaired) electrons. The van der Waals surface area contributed by atoms with Crippen molar-refractivity contribution in [3.05, 3.63) is 89.2 Å².